The molecular formula is C41H41N7O5. The Balaban J connectivity index is 1.17. The average Bonchev–Trinajstić information content (AvgIpc) is 3.93. The summed E-state index contributed by atoms with van der Waals surface area (Å²) in [4.78, 5) is 21.9. The molecule has 1 atom stereocenters. The summed E-state index contributed by atoms with van der Waals surface area (Å²) in [5.41, 5.74) is 8.51. The van der Waals surface area contributed by atoms with E-state index in [-0.39, 0.29) is 31.0 Å². The molecule has 1 N–H and O–H groups in total. The maximum Gasteiger partial charge on any atom is 0.260 e. The van der Waals surface area contributed by atoms with Gasteiger partial charge in [-0.15, -0.1) is 10.2 Å². The molecule has 0 aliphatic carbocycles. The highest BCUT2D eigenvalue weighted by Crippen LogP contribution is 2.47. The molecule has 10 rings (SSSR count). The summed E-state index contributed by atoms with van der Waals surface area (Å²) in [5, 5.41) is 20.6. The maximum atomic E-state index is 15.0. The fourth-order valence-electron chi connectivity index (χ4n) is 8.82. The Kier molecular flexibility index (Phi) is 7.76. The first-order valence-corrected chi connectivity index (χ1v) is 18.5. The van der Waals surface area contributed by atoms with Gasteiger partial charge < -0.3 is 38.1 Å². The Labute approximate surface area is 306 Å². The van der Waals surface area contributed by atoms with Crippen molar-refractivity contribution in [1.82, 2.24) is 24.1 Å². The van der Waals surface area contributed by atoms with E-state index in [2.05, 4.69) is 66.9 Å². The third-order valence-electron chi connectivity index (χ3n) is 11.5. The molecular weight excluding hydrogens is 670 g/mol. The number of pyridine rings is 1. The number of ether oxygens (including phenoxy) is 3. The Morgan fingerprint density at radius 2 is 1.70 bits per heavy atom. The number of fused-ring (bicyclic) bond motifs is 4. The van der Waals surface area contributed by atoms with Gasteiger partial charge in [0.25, 0.3) is 5.91 Å². The molecule has 0 radical (unpaired) electrons. The second-order valence-electron chi connectivity index (χ2n) is 14.6. The predicted molar refractivity (Wildman–Crippen MR) is 200 cm³/mol. The molecule has 3 aromatic carbocycles. The molecule has 0 unspecified atom stereocenters. The zero-order valence-corrected chi connectivity index (χ0v) is 29.7. The van der Waals surface area contributed by atoms with Gasteiger partial charge in [0.05, 0.1) is 36.5 Å². The van der Waals surface area contributed by atoms with Crippen LogP contribution in [-0.4, -0.2) is 80.8 Å². The van der Waals surface area contributed by atoms with E-state index in [1.54, 1.807) is 35.5 Å². The number of aromatic nitrogens is 4. The van der Waals surface area contributed by atoms with Crippen LogP contribution in [-0.2, 0) is 44.1 Å². The summed E-state index contributed by atoms with van der Waals surface area (Å²) < 4.78 is 21.9. The van der Waals surface area contributed by atoms with Gasteiger partial charge in [-0.05, 0) is 79.3 Å². The quantitative estimate of drug-likeness (QED) is 0.238. The number of aromatic hydroxyl groups is 1. The van der Waals surface area contributed by atoms with Crippen molar-refractivity contribution in [3.63, 3.8) is 0 Å². The third-order valence-corrected chi connectivity index (χ3v) is 11.5. The average molecular weight is 712 g/mol. The van der Waals surface area contributed by atoms with Crippen molar-refractivity contribution in [1.29, 1.82) is 0 Å². The fourth-order valence-corrected chi connectivity index (χ4v) is 8.82. The first-order chi connectivity index (χ1) is 26.0. The number of benzene rings is 3. The molecule has 4 aliphatic rings. The third kappa shape index (κ3) is 5.47. The van der Waals surface area contributed by atoms with Gasteiger partial charge in [0.15, 0.2) is 17.3 Å². The van der Waals surface area contributed by atoms with Crippen LogP contribution in [0.1, 0.15) is 45.1 Å². The van der Waals surface area contributed by atoms with Crippen molar-refractivity contribution in [2.24, 2.45) is 7.05 Å². The van der Waals surface area contributed by atoms with E-state index in [1.165, 1.54) is 22.5 Å². The van der Waals surface area contributed by atoms with Crippen molar-refractivity contribution in [3.05, 3.63) is 107 Å². The molecule has 270 valence electrons. The molecule has 4 aliphatic heterocycles. The summed E-state index contributed by atoms with van der Waals surface area (Å²) >= 11 is 0. The fraction of sp³-hybridized carbons (Fsp3) is 0.341. The van der Waals surface area contributed by atoms with E-state index >= 15 is 0 Å². The number of carbonyl (C=O) groups excluding carboxylic acids is 1. The number of rotatable bonds is 7. The molecule has 6 aromatic rings. The van der Waals surface area contributed by atoms with Gasteiger partial charge in [-0.25, -0.2) is 0 Å². The van der Waals surface area contributed by atoms with Crippen molar-refractivity contribution < 1.29 is 24.1 Å². The number of nitrogens with zero attached hydrogens (tertiary/aromatic N) is 7. The predicted octanol–water partition coefficient (Wildman–Crippen LogP) is 5.25. The Morgan fingerprint density at radius 3 is 2.47 bits per heavy atom. The number of amides is 1. The molecule has 1 amide bonds. The Bertz CT molecular complexity index is 2380. The van der Waals surface area contributed by atoms with Crippen LogP contribution in [0.25, 0.3) is 16.3 Å². The van der Waals surface area contributed by atoms with Crippen LogP contribution in [0.15, 0.2) is 73.1 Å². The molecule has 1 saturated heterocycles. The number of phenolic OH excluding ortho intramolecular Hbond substituents is 1. The molecule has 12 heteroatoms. The molecule has 3 aromatic heterocycles. The highest BCUT2D eigenvalue weighted by molar-refractivity contribution is 6.12. The number of anilines is 2. The molecule has 1 fully saturated rings. The maximum absolute atomic E-state index is 15.0. The van der Waals surface area contributed by atoms with Gasteiger partial charge in [-0.1, -0.05) is 24.3 Å². The topological polar surface area (TPSA) is 110 Å². The minimum Gasteiger partial charge on any atom is -0.508 e. The minimum absolute atomic E-state index is 0.127. The van der Waals surface area contributed by atoms with Crippen molar-refractivity contribution in [3.8, 4) is 17.2 Å². The van der Waals surface area contributed by atoms with Crippen LogP contribution in [0, 0.1) is 0 Å². The summed E-state index contributed by atoms with van der Waals surface area (Å²) in [6, 6.07) is 22.2. The van der Waals surface area contributed by atoms with Gasteiger partial charge in [0.1, 0.15) is 12.1 Å². The van der Waals surface area contributed by atoms with E-state index in [4.69, 9.17) is 14.2 Å². The highest BCUT2D eigenvalue weighted by atomic mass is 16.7. The van der Waals surface area contributed by atoms with Crippen molar-refractivity contribution in [2.45, 2.75) is 44.8 Å². The van der Waals surface area contributed by atoms with Crippen LogP contribution < -0.4 is 19.3 Å². The number of aryl methyl sites for hydroxylation is 3. The second kappa shape index (κ2) is 12.8. The van der Waals surface area contributed by atoms with Crippen molar-refractivity contribution >= 4 is 33.6 Å². The SMILES string of the molecule is Cn1cnnc1CN(C(=O)c1cc2c3cc4c(cc3c(N3Cc5ccccc5C[C@H]3CN3CCOCC3)c3n2c1CCC3)OCO4)c1ccc(O)cc1. The van der Waals surface area contributed by atoms with E-state index < -0.39 is 0 Å². The van der Waals surface area contributed by atoms with Crippen LogP contribution >= 0.6 is 0 Å². The van der Waals surface area contributed by atoms with E-state index in [1.807, 2.05) is 11.6 Å². The molecule has 0 bridgehead atoms. The van der Waals surface area contributed by atoms with Gasteiger partial charge in [-0.3, -0.25) is 9.69 Å². The first-order valence-electron chi connectivity index (χ1n) is 18.5. The zero-order chi connectivity index (χ0) is 35.6. The van der Waals surface area contributed by atoms with E-state index in [0.29, 0.717) is 22.8 Å². The van der Waals surface area contributed by atoms with Gasteiger partial charge in [0, 0.05) is 67.1 Å². The van der Waals surface area contributed by atoms with Crippen LogP contribution in [0.4, 0.5) is 11.4 Å². The normalized spacial score (nSPS) is 18.1. The largest absolute Gasteiger partial charge is 0.508 e. The number of carbonyl (C=O) groups is 1. The number of hydrogen-bond donors (Lipinski definition) is 1. The zero-order valence-electron chi connectivity index (χ0n) is 29.7. The van der Waals surface area contributed by atoms with Crippen LogP contribution in [0.2, 0.25) is 0 Å². The lowest BCUT2D eigenvalue weighted by molar-refractivity contribution is 0.0346. The van der Waals surface area contributed by atoms with Crippen molar-refractivity contribution in [2.75, 3.05) is 49.4 Å². The van der Waals surface area contributed by atoms with E-state index in [0.717, 1.165) is 92.8 Å². The lowest BCUT2D eigenvalue weighted by atomic mass is 9.91. The summed E-state index contributed by atoms with van der Waals surface area (Å²) in [5.74, 6) is 2.13. The standard InChI is InChI=1S/C41H41N7O5/c1-44-24-42-43-39(44)23-47(28-9-11-30(49)12-10-28)41(50)33-18-36-31-19-37-38(53-25-52-37)20-32(31)40(35-8-4-7-34(33)48(35)36)46-21-27-6-3-2-5-26(27)17-29(46)22-45-13-15-51-16-14-45/h2-3,5-6,9-12,18-20,24,29,49H,4,7-8,13-17,21-23,25H2,1H3/t29-/m0/s1. The van der Waals surface area contributed by atoms with Gasteiger partial charge >= 0.3 is 0 Å². The second-order valence-corrected chi connectivity index (χ2v) is 14.6. The van der Waals surface area contributed by atoms with Crippen LogP contribution in [0.5, 0.6) is 17.2 Å². The Morgan fingerprint density at radius 1 is 0.943 bits per heavy atom. The lowest BCUT2D eigenvalue weighted by Gasteiger charge is -2.43. The molecule has 0 spiro atoms. The summed E-state index contributed by atoms with van der Waals surface area (Å²) in [7, 11) is 1.88. The smallest absolute Gasteiger partial charge is 0.260 e. The number of hydrogen-bond acceptors (Lipinski definition) is 9. The number of morpholine rings is 1. The first kappa shape index (κ1) is 32.1. The Hall–Kier alpha value is -5.59. The lowest BCUT2D eigenvalue weighted by Crippen LogP contribution is -2.50. The van der Waals surface area contributed by atoms with E-state index in [9.17, 15) is 9.90 Å². The number of phenols is 1. The van der Waals surface area contributed by atoms with Crippen LogP contribution in [0.3, 0.4) is 0 Å². The molecule has 0 saturated carbocycles. The molecule has 12 nitrogen and oxygen atoms in total. The summed E-state index contributed by atoms with van der Waals surface area (Å²) in [6.45, 7) is 5.50. The minimum atomic E-state index is -0.127. The monoisotopic (exact) mass is 711 g/mol. The van der Waals surface area contributed by atoms with Gasteiger partial charge in [-0.2, -0.15) is 0 Å². The molecule has 7 heterocycles. The molecule has 53 heavy (non-hydrogen) atoms. The van der Waals surface area contributed by atoms with Gasteiger partial charge in [0.2, 0.25) is 6.79 Å². The summed E-state index contributed by atoms with van der Waals surface area (Å²) in [6.07, 6.45) is 5.16. The highest BCUT2D eigenvalue weighted by Gasteiger charge is 2.36.